The van der Waals surface area contributed by atoms with Crippen molar-refractivity contribution in [2.24, 2.45) is 13.0 Å². The molecule has 1 aromatic heterocycles. The lowest BCUT2D eigenvalue weighted by molar-refractivity contribution is 0.316. The molecular weight excluding hydrogens is 222 g/mol. The van der Waals surface area contributed by atoms with E-state index in [-0.39, 0.29) is 0 Å². The van der Waals surface area contributed by atoms with Crippen LogP contribution in [-0.4, -0.2) is 22.1 Å². The Labute approximate surface area is 112 Å². The molecule has 1 atom stereocenters. The van der Waals surface area contributed by atoms with Gasteiger partial charge < -0.3 is 9.88 Å². The van der Waals surface area contributed by atoms with Crippen LogP contribution < -0.4 is 5.32 Å². The molecule has 0 spiro atoms. The fourth-order valence-corrected chi connectivity index (χ4v) is 2.61. The average molecular weight is 251 g/mol. The lowest BCUT2D eigenvalue weighted by atomic mass is 9.90. The number of nitrogens with zero attached hydrogens (tertiary/aromatic N) is 2. The fraction of sp³-hybridized carbons (Fsp3) is 0.800. The largest absolute Gasteiger partial charge is 0.338 e. The van der Waals surface area contributed by atoms with Crippen LogP contribution in [0.2, 0.25) is 0 Å². The van der Waals surface area contributed by atoms with Gasteiger partial charge in [0.1, 0.15) is 5.82 Å². The molecule has 0 aliphatic rings. The third-order valence-corrected chi connectivity index (χ3v) is 3.87. The zero-order chi connectivity index (χ0) is 13.4. The Hall–Kier alpha value is -0.830. The summed E-state index contributed by atoms with van der Waals surface area (Å²) in [6.07, 6.45) is 9.91. The first-order valence-corrected chi connectivity index (χ1v) is 7.42. The summed E-state index contributed by atoms with van der Waals surface area (Å²) in [5, 5.41) is 3.72. The molecule has 1 aromatic rings. The number of aryl methyl sites for hydroxylation is 2. The molecule has 0 bridgehead atoms. The van der Waals surface area contributed by atoms with Gasteiger partial charge in [-0.3, -0.25) is 0 Å². The monoisotopic (exact) mass is 251 g/mol. The zero-order valence-corrected chi connectivity index (χ0v) is 12.4. The van der Waals surface area contributed by atoms with Crippen molar-refractivity contribution >= 4 is 0 Å². The second-order valence-corrected chi connectivity index (χ2v) is 5.13. The molecule has 0 aromatic carbocycles. The van der Waals surface area contributed by atoms with Crippen molar-refractivity contribution in [3.63, 3.8) is 0 Å². The van der Waals surface area contributed by atoms with Crippen molar-refractivity contribution in [2.75, 3.05) is 6.54 Å². The molecule has 0 radical (unpaired) electrons. The van der Waals surface area contributed by atoms with E-state index >= 15 is 0 Å². The second-order valence-electron chi connectivity index (χ2n) is 5.13. The Morgan fingerprint density at radius 3 is 2.50 bits per heavy atom. The zero-order valence-electron chi connectivity index (χ0n) is 12.4. The summed E-state index contributed by atoms with van der Waals surface area (Å²) >= 11 is 0. The SMILES string of the molecule is CCCNC(CCc1nccn1C)C(CC)CC. The Morgan fingerprint density at radius 2 is 2.00 bits per heavy atom. The highest BCUT2D eigenvalue weighted by atomic mass is 15.0. The van der Waals surface area contributed by atoms with Crippen LogP contribution >= 0.6 is 0 Å². The van der Waals surface area contributed by atoms with Crippen molar-refractivity contribution in [3.05, 3.63) is 18.2 Å². The van der Waals surface area contributed by atoms with Gasteiger partial charge in [0.25, 0.3) is 0 Å². The number of nitrogens with one attached hydrogen (secondary N) is 1. The number of hydrogen-bond acceptors (Lipinski definition) is 2. The Morgan fingerprint density at radius 1 is 1.28 bits per heavy atom. The molecule has 18 heavy (non-hydrogen) atoms. The minimum atomic E-state index is 0.636. The minimum Gasteiger partial charge on any atom is -0.338 e. The van der Waals surface area contributed by atoms with Gasteiger partial charge in [-0.1, -0.05) is 33.6 Å². The highest BCUT2D eigenvalue weighted by Crippen LogP contribution is 2.17. The molecule has 0 amide bonds. The van der Waals surface area contributed by atoms with Crippen LogP contribution in [0.15, 0.2) is 12.4 Å². The number of rotatable bonds is 9. The molecule has 3 heteroatoms. The Bertz CT molecular complexity index is 315. The van der Waals surface area contributed by atoms with Gasteiger partial charge in [0.15, 0.2) is 0 Å². The maximum absolute atomic E-state index is 4.41. The number of hydrogen-bond donors (Lipinski definition) is 1. The van der Waals surface area contributed by atoms with Crippen LogP contribution in [0.5, 0.6) is 0 Å². The van der Waals surface area contributed by atoms with Gasteiger partial charge in [-0.05, 0) is 25.3 Å². The van der Waals surface area contributed by atoms with Crippen molar-refractivity contribution in [3.8, 4) is 0 Å². The smallest absolute Gasteiger partial charge is 0.108 e. The lowest BCUT2D eigenvalue weighted by Gasteiger charge is -2.26. The summed E-state index contributed by atoms with van der Waals surface area (Å²) in [5.41, 5.74) is 0. The van der Waals surface area contributed by atoms with Gasteiger partial charge in [-0.2, -0.15) is 0 Å². The molecule has 0 saturated carbocycles. The van der Waals surface area contributed by atoms with E-state index in [1.165, 1.54) is 31.5 Å². The van der Waals surface area contributed by atoms with Gasteiger partial charge in [-0.15, -0.1) is 0 Å². The van der Waals surface area contributed by atoms with Crippen LogP contribution in [0, 0.1) is 5.92 Å². The molecule has 1 unspecified atom stereocenters. The van der Waals surface area contributed by atoms with E-state index in [9.17, 15) is 0 Å². The lowest BCUT2D eigenvalue weighted by Crippen LogP contribution is -2.37. The van der Waals surface area contributed by atoms with Gasteiger partial charge in [0.05, 0.1) is 0 Å². The molecule has 0 aliphatic carbocycles. The van der Waals surface area contributed by atoms with E-state index in [4.69, 9.17) is 0 Å². The quantitative estimate of drug-likeness (QED) is 0.730. The van der Waals surface area contributed by atoms with E-state index in [1.807, 2.05) is 12.4 Å². The summed E-state index contributed by atoms with van der Waals surface area (Å²) in [7, 11) is 2.08. The normalized spacial score (nSPS) is 13.2. The van der Waals surface area contributed by atoms with Gasteiger partial charge in [-0.25, -0.2) is 4.98 Å². The maximum Gasteiger partial charge on any atom is 0.108 e. The summed E-state index contributed by atoms with van der Waals surface area (Å²) in [6, 6.07) is 0.636. The van der Waals surface area contributed by atoms with Crippen LogP contribution in [0.25, 0.3) is 0 Å². The molecule has 0 saturated heterocycles. The van der Waals surface area contributed by atoms with E-state index in [2.05, 4.69) is 42.7 Å². The fourth-order valence-electron chi connectivity index (χ4n) is 2.61. The van der Waals surface area contributed by atoms with Crippen LogP contribution in [-0.2, 0) is 13.5 Å². The van der Waals surface area contributed by atoms with Crippen molar-refractivity contribution in [1.82, 2.24) is 14.9 Å². The van der Waals surface area contributed by atoms with Crippen LogP contribution in [0.3, 0.4) is 0 Å². The van der Waals surface area contributed by atoms with E-state index in [0.717, 1.165) is 18.9 Å². The van der Waals surface area contributed by atoms with Crippen molar-refractivity contribution in [1.29, 1.82) is 0 Å². The van der Waals surface area contributed by atoms with E-state index in [1.54, 1.807) is 0 Å². The topological polar surface area (TPSA) is 29.9 Å². The number of imidazole rings is 1. The van der Waals surface area contributed by atoms with Crippen LogP contribution in [0.1, 0.15) is 52.3 Å². The third-order valence-electron chi connectivity index (χ3n) is 3.87. The van der Waals surface area contributed by atoms with Crippen molar-refractivity contribution < 1.29 is 0 Å². The standard InChI is InChI=1S/C15H29N3/c1-5-10-16-14(13(6-2)7-3)8-9-15-17-11-12-18(15)4/h11-14,16H,5-10H2,1-4H3. The van der Waals surface area contributed by atoms with Gasteiger partial charge >= 0.3 is 0 Å². The molecule has 1 N–H and O–H groups in total. The Balaban J connectivity index is 2.52. The van der Waals surface area contributed by atoms with Crippen LogP contribution in [0.4, 0.5) is 0 Å². The summed E-state index contributed by atoms with van der Waals surface area (Å²) in [6.45, 7) is 7.96. The predicted octanol–water partition coefficient (Wildman–Crippen LogP) is 3.16. The van der Waals surface area contributed by atoms with Gasteiger partial charge in [0, 0.05) is 31.9 Å². The molecule has 0 fully saturated rings. The molecule has 1 rings (SSSR count). The highest BCUT2D eigenvalue weighted by Gasteiger charge is 2.18. The summed E-state index contributed by atoms with van der Waals surface area (Å²) in [5.74, 6) is 1.99. The summed E-state index contributed by atoms with van der Waals surface area (Å²) in [4.78, 5) is 4.41. The van der Waals surface area contributed by atoms with E-state index in [0.29, 0.717) is 6.04 Å². The first-order valence-electron chi connectivity index (χ1n) is 7.42. The first-order chi connectivity index (χ1) is 8.72. The molecule has 3 nitrogen and oxygen atoms in total. The molecule has 104 valence electrons. The highest BCUT2D eigenvalue weighted by molar-refractivity contribution is 4.92. The van der Waals surface area contributed by atoms with E-state index < -0.39 is 0 Å². The summed E-state index contributed by atoms with van der Waals surface area (Å²) < 4.78 is 2.13. The molecule has 1 heterocycles. The second kappa shape index (κ2) is 8.30. The first kappa shape index (κ1) is 15.2. The predicted molar refractivity (Wildman–Crippen MR) is 77.7 cm³/mol. The third kappa shape index (κ3) is 4.45. The maximum atomic E-state index is 4.41. The van der Waals surface area contributed by atoms with Crippen molar-refractivity contribution in [2.45, 2.75) is 58.9 Å². The Kier molecular flexibility index (Phi) is 7.02. The average Bonchev–Trinajstić information content (AvgIpc) is 2.79. The van der Waals surface area contributed by atoms with Gasteiger partial charge in [0.2, 0.25) is 0 Å². The number of aromatic nitrogens is 2. The molecule has 0 aliphatic heterocycles. The molecular formula is C15H29N3. The minimum absolute atomic E-state index is 0.636.